The molecule has 0 saturated heterocycles. The summed E-state index contributed by atoms with van der Waals surface area (Å²) in [7, 11) is 0. The van der Waals surface area contributed by atoms with E-state index in [2.05, 4.69) is 22.5 Å². The molecule has 1 unspecified atom stereocenters. The predicted octanol–water partition coefficient (Wildman–Crippen LogP) is 1.71. The molecule has 17 heavy (non-hydrogen) atoms. The Labute approximate surface area is 106 Å². The summed E-state index contributed by atoms with van der Waals surface area (Å²) in [4.78, 5) is 15.8. The van der Waals surface area contributed by atoms with E-state index in [0.717, 1.165) is 23.9 Å². The van der Waals surface area contributed by atoms with Crippen LogP contribution >= 0.6 is 11.3 Å². The van der Waals surface area contributed by atoms with E-state index in [1.165, 1.54) is 12.8 Å². The minimum absolute atomic E-state index is 0.0897. The highest BCUT2D eigenvalue weighted by atomic mass is 32.1. The maximum Gasteiger partial charge on any atom is 0.233 e. The second kappa shape index (κ2) is 6.12. The van der Waals surface area contributed by atoms with Crippen molar-refractivity contribution in [1.29, 1.82) is 0 Å². The third kappa shape index (κ3) is 4.09. The van der Waals surface area contributed by atoms with E-state index in [0.29, 0.717) is 6.54 Å². The number of amides is 1. The maximum atomic E-state index is 11.6. The normalized spacial score (nSPS) is 16.8. The Kier molecular flexibility index (Phi) is 4.50. The summed E-state index contributed by atoms with van der Waals surface area (Å²) in [6.45, 7) is 3.32. The van der Waals surface area contributed by atoms with E-state index in [-0.39, 0.29) is 11.9 Å². The van der Waals surface area contributed by atoms with E-state index in [4.69, 9.17) is 0 Å². The van der Waals surface area contributed by atoms with Crippen LogP contribution in [-0.4, -0.2) is 24.0 Å². The molecule has 1 aromatic heterocycles. The fourth-order valence-electron chi connectivity index (χ4n) is 1.67. The van der Waals surface area contributed by atoms with E-state index in [9.17, 15) is 4.79 Å². The van der Waals surface area contributed by atoms with Gasteiger partial charge in [0.1, 0.15) is 5.01 Å². The lowest BCUT2D eigenvalue weighted by Gasteiger charge is -2.14. The first-order valence-electron chi connectivity index (χ1n) is 6.19. The fourth-order valence-corrected chi connectivity index (χ4v) is 2.47. The van der Waals surface area contributed by atoms with E-state index >= 15 is 0 Å². The van der Waals surface area contributed by atoms with Gasteiger partial charge in [-0.2, -0.15) is 0 Å². The van der Waals surface area contributed by atoms with Crippen LogP contribution < -0.4 is 10.6 Å². The maximum absolute atomic E-state index is 11.6. The number of thiazole rings is 1. The van der Waals surface area contributed by atoms with Crippen molar-refractivity contribution >= 4 is 17.2 Å². The number of hydrogen-bond acceptors (Lipinski definition) is 4. The molecule has 2 N–H and O–H groups in total. The lowest BCUT2D eigenvalue weighted by molar-refractivity contribution is -0.120. The molecule has 1 fully saturated rings. The van der Waals surface area contributed by atoms with Crippen molar-refractivity contribution in [2.45, 2.75) is 32.2 Å². The lowest BCUT2D eigenvalue weighted by atomic mass is 10.2. The molecule has 0 spiro atoms. The SMILES string of the molecule is CCC(NCC(=O)NCC1CC1)c1nccs1. The molecule has 1 heterocycles. The van der Waals surface area contributed by atoms with Crippen molar-refractivity contribution < 1.29 is 4.79 Å². The van der Waals surface area contributed by atoms with Gasteiger partial charge < -0.3 is 5.32 Å². The van der Waals surface area contributed by atoms with Gasteiger partial charge in [-0.15, -0.1) is 11.3 Å². The van der Waals surface area contributed by atoms with Gasteiger partial charge in [0.05, 0.1) is 12.6 Å². The Morgan fingerprint density at radius 3 is 3.06 bits per heavy atom. The molecule has 1 saturated carbocycles. The van der Waals surface area contributed by atoms with Crippen molar-refractivity contribution in [2.24, 2.45) is 5.92 Å². The summed E-state index contributed by atoms with van der Waals surface area (Å²) in [5, 5.41) is 9.23. The molecule has 4 nitrogen and oxygen atoms in total. The summed E-state index contributed by atoms with van der Waals surface area (Å²) >= 11 is 1.63. The van der Waals surface area contributed by atoms with E-state index < -0.39 is 0 Å². The molecule has 2 rings (SSSR count). The Hall–Kier alpha value is -0.940. The molecule has 1 atom stereocenters. The summed E-state index contributed by atoms with van der Waals surface area (Å²) < 4.78 is 0. The molecule has 94 valence electrons. The number of carbonyl (C=O) groups is 1. The van der Waals surface area contributed by atoms with Crippen molar-refractivity contribution in [3.8, 4) is 0 Å². The van der Waals surface area contributed by atoms with Crippen molar-refractivity contribution in [2.75, 3.05) is 13.1 Å². The van der Waals surface area contributed by atoms with Crippen LogP contribution in [0.4, 0.5) is 0 Å². The second-order valence-electron chi connectivity index (χ2n) is 4.46. The number of nitrogens with zero attached hydrogens (tertiary/aromatic N) is 1. The van der Waals surface area contributed by atoms with Crippen LogP contribution in [0, 0.1) is 5.92 Å². The Balaban J connectivity index is 1.69. The minimum Gasteiger partial charge on any atom is -0.355 e. The molecule has 1 aromatic rings. The molecule has 0 radical (unpaired) electrons. The van der Waals surface area contributed by atoms with Gasteiger partial charge in [-0.25, -0.2) is 4.98 Å². The summed E-state index contributed by atoms with van der Waals surface area (Å²) in [5.41, 5.74) is 0. The monoisotopic (exact) mass is 253 g/mol. The van der Waals surface area contributed by atoms with Crippen molar-refractivity contribution in [1.82, 2.24) is 15.6 Å². The number of hydrogen-bond donors (Lipinski definition) is 2. The van der Waals surface area contributed by atoms with Crippen LogP contribution in [0.25, 0.3) is 0 Å². The topological polar surface area (TPSA) is 54.0 Å². The van der Waals surface area contributed by atoms with Gasteiger partial charge in [-0.3, -0.25) is 10.1 Å². The van der Waals surface area contributed by atoms with Gasteiger partial charge in [-0.1, -0.05) is 6.92 Å². The summed E-state index contributed by atoms with van der Waals surface area (Å²) in [5.74, 6) is 0.826. The largest absolute Gasteiger partial charge is 0.355 e. The van der Waals surface area contributed by atoms with Crippen LogP contribution in [0.15, 0.2) is 11.6 Å². The van der Waals surface area contributed by atoms with Crippen molar-refractivity contribution in [3.63, 3.8) is 0 Å². The third-order valence-corrected chi connectivity index (χ3v) is 3.84. The highest BCUT2D eigenvalue weighted by Crippen LogP contribution is 2.27. The van der Waals surface area contributed by atoms with Crippen LogP contribution in [0.3, 0.4) is 0 Å². The standard InChI is InChI=1S/C12H19N3OS/c1-2-10(12-13-5-6-17-12)14-8-11(16)15-7-9-3-4-9/h5-6,9-10,14H,2-4,7-8H2,1H3,(H,15,16). The first-order chi connectivity index (χ1) is 8.29. The van der Waals surface area contributed by atoms with Gasteiger partial charge in [-0.05, 0) is 25.2 Å². The van der Waals surface area contributed by atoms with Gasteiger partial charge in [0.15, 0.2) is 0 Å². The van der Waals surface area contributed by atoms with Crippen LogP contribution in [0.1, 0.15) is 37.2 Å². The highest BCUT2D eigenvalue weighted by molar-refractivity contribution is 7.09. The first kappa shape index (κ1) is 12.5. The molecule has 0 bridgehead atoms. The van der Waals surface area contributed by atoms with Gasteiger partial charge in [0.25, 0.3) is 0 Å². The molecule has 0 aromatic carbocycles. The van der Waals surface area contributed by atoms with Gasteiger partial charge in [0, 0.05) is 18.1 Å². The first-order valence-corrected chi connectivity index (χ1v) is 7.07. The molecule has 1 amide bonds. The quantitative estimate of drug-likeness (QED) is 0.778. The zero-order valence-corrected chi connectivity index (χ0v) is 10.9. The lowest BCUT2D eigenvalue weighted by Crippen LogP contribution is -2.36. The average Bonchev–Trinajstić information content (AvgIpc) is 3.02. The highest BCUT2D eigenvalue weighted by Gasteiger charge is 2.21. The summed E-state index contributed by atoms with van der Waals surface area (Å²) in [6, 6.07) is 0.196. The molecule has 5 heteroatoms. The second-order valence-corrected chi connectivity index (χ2v) is 5.39. The van der Waals surface area contributed by atoms with E-state index in [1.54, 1.807) is 17.5 Å². The number of aromatic nitrogens is 1. The minimum atomic E-state index is 0.0897. The predicted molar refractivity (Wildman–Crippen MR) is 68.9 cm³/mol. The van der Waals surface area contributed by atoms with Crippen LogP contribution in [0.2, 0.25) is 0 Å². The number of nitrogens with one attached hydrogen (secondary N) is 2. The zero-order chi connectivity index (χ0) is 12.1. The zero-order valence-electron chi connectivity index (χ0n) is 10.1. The average molecular weight is 253 g/mol. The van der Waals surface area contributed by atoms with E-state index in [1.807, 2.05) is 5.38 Å². The molecular weight excluding hydrogens is 234 g/mol. The third-order valence-electron chi connectivity index (χ3n) is 2.95. The Morgan fingerprint density at radius 1 is 1.65 bits per heavy atom. The molecule has 1 aliphatic carbocycles. The smallest absolute Gasteiger partial charge is 0.233 e. The van der Waals surface area contributed by atoms with Crippen LogP contribution in [-0.2, 0) is 4.79 Å². The summed E-state index contributed by atoms with van der Waals surface area (Å²) in [6.07, 6.45) is 5.29. The Morgan fingerprint density at radius 2 is 2.47 bits per heavy atom. The molecule has 0 aliphatic heterocycles. The molecular formula is C12H19N3OS. The number of rotatable bonds is 7. The van der Waals surface area contributed by atoms with Crippen LogP contribution in [0.5, 0.6) is 0 Å². The number of carbonyl (C=O) groups excluding carboxylic acids is 1. The van der Waals surface area contributed by atoms with Gasteiger partial charge in [0.2, 0.25) is 5.91 Å². The van der Waals surface area contributed by atoms with Crippen molar-refractivity contribution in [3.05, 3.63) is 16.6 Å². The Bertz CT molecular complexity index is 349. The molecule has 1 aliphatic rings. The fraction of sp³-hybridized carbons (Fsp3) is 0.667. The van der Waals surface area contributed by atoms with Gasteiger partial charge >= 0.3 is 0 Å².